The van der Waals surface area contributed by atoms with E-state index in [0.717, 1.165) is 5.75 Å². The van der Waals surface area contributed by atoms with E-state index in [1.165, 1.54) is 36.8 Å². The quantitative estimate of drug-likeness (QED) is 0.776. The number of aryl methyl sites for hydroxylation is 2. The molecule has 0 bridgehead atoms. The number of hydrogen-bond acceptors (Lipinski definition) is 2. The van der Waals surface area contributed by atoms with E-state index in [1.807, 2.05) is 13.0 Å². The summed E-state index contributed by atoms with van der Waals surface area (Å²) >= 11 is 0. The molecule has 1 atom stereocenters. The van der Waals surface area contributed by atoms with Gasteiger partial charge in [-0.2, -0.15) is 5.26 Å². The maximum absolute atomic E-state index is 8.67. The lowest BCUT2D eigenvalue weighted by Gasteiger charge is -2.17. The Labute approximate surface area is 96.9 Å². The molecule has 0 spiro atoms. The van der Waals surface area contributed by atoms with Gasteiger partial charge in [-0.15, -0.1) is 0 Å². The predicted octanol–water partition coefficient (Wildman–Crippen LogP) is 3.10. The van der Waals surface area contributed by atoms with Crippen LogP contribution in [0.15, 0.2) is 18.2 Å². The first-order valence-corrected chi connectivity index (χ1v) is 5.94. The van der Waals surface area contributed by atoms with E-state index in [9.17, 15) is 0 Å². The van der Waals surface area contributed by atoms with Crippen LogP contribution >= 0.6 is 0 Å². The Morgan fingerprint density at radius 3 is 2.81 bits per heavy atom. The monoisotopic (exact) mass is 215 g/mol. The topological polar surface area (TPSA) is 33.0 Å². The van der Waals surface area contributed by atoms with Gasteiger partial charge in [0.05, 0.1) is 12.0 Å². The van der Waals surface area contributed by atoms with Crippen LogP contribution in [0, 0.1) is 17.2 Å². The summed E-state index contributed by atoms with van der Waals surface area (Å²) in [7, 11) is 0. The van der Waals surface area contributed by atoms with Crippen LogP contribution in [0.25, 0.3) is 0 Å². The van der Waals surface area contributed by atoms with Gasteiger partial charge < -0.3 is 4.74 Å². The first-order valence-electron chi connectivity index (χ1n) is 5.94. The predicted molar refractivity (Wildman–Crippen MR) is 63.4 cm³/mol. The molecule has 0 radical (unpaired) electrons. The Kier molecular flexibility index (Phi) is 3.46. The van der Waals surface area contributed by atoms with Crippen LogP contribution in [0.2, 0.25) is 0 Å². The van der Waals surface area contributed by atoms with Crippen molar-refractivity contribution < 1.29 is 4.74 Å². The molecule has 84 valence electrons. The smallest absolute Gasteiger partial charge is 0.119 e. The molecule has 0 saturated heterocycles. The van der Waals surface area contributed by atoms with Gasteiger partial charge >= 0.3 is 0 Å². The SMILES string of the molecule is CC(C#N)COc1ccc2c(c1)CCCC2. The Balaban J connectivity index is 2.03. The molecule has 1 aromatic rings. The molecule has 1 aromatic carbocycles. The van der Waals surface area contributed by atoms with Crippen LogP contribution in [-0.4, -0.2) is 6.61 Å². The number of fused-ring (bicyclic) bond motifs is 1. The maximum atomic E-state index is 8.67. The number of ether oxygens (including phenoxy) is 1. The lowest BCUT2D eigenvalue weighted by molar-refractivity contribution is 0.287. The van der Waals surface area contributed by atoms with Crippen LogP contribution in [0.1, 0.15) is 30.9 Å². The van der Waals surface area contributed by atoms with Gasteiger partial charge in [0, 0.05) is 0 Å². The molecule has 2 nitrogen and oxygen atoms in total. The van der Waals surface area contributed by atoms with Crippen molar-refractivity contribution in [2.24, 2.45) is 5.92 Å². The standard InChI is InChI=1S/C14H17NO/c1-11(9-15)10-16-14-7-6-12-4-2-3-5-13(12)8-14/h6-8,11H,2-5,10H2,1H3. The minimum Gasteiger partial charge on any atom is -0.492 e. The molecule has 0 aliphatic heterocycles. The fourth-order valence-electron chi connectivity index (χ4n) is 2.06. The molecule has 1 aliphatic carbocycles. The molecule has 1 aliphatic rings. The van der Waals surface area contributed by atoms with Crippen LogP contribution in [0.3, 0.4) is 0 Å². The number of nitrogens with zero attached hydrogens (tertiary/aromatic N) is 1. The zero-order valence-electron chi connectivity index (χ0n) is 9.70. The van der Waals surface area contributed by atoms with E-state index in [1.54, 1.807) is 0 Å². The Morgan fingerprint density at radius 1 is 1.31 bits per heavy atom. The summed E-state index contributed by atoms with van der Waals surface area (Å²) in [6.07, 6.45) is 4.95. The molecule has 0 saturated carbocycles. The minimum absolute atomic E-state index is 0.0453. The van der Waals surface area contributed by atoms with E-state index < -0.39 is 0 Å². The number of hydrogen-bond donors (Lipinski definition) is 0. The Morgan fingerprint density at radius 2 is 2.06 bits per heavy atom. The number of benzene rings is 1. The normalized spacial score (nSPS) is 16.0. The summed E-state index contributed by atoms with van der Waals surface area (Å²) in [4.78, 5) is 0. The first-order chi connectivity index (χ1) is 7.79. The van der Waals surface area contributed by atoms with Crippen molar-refractivity contribution in [3.8, 4) is 11.8 Å². The molecular formula is C14H17NO. The van der Waals surface area contributed by atoms with E-state index >= 15 is 0 Å². The number of rotatable bonds is 3. The van der Waals surface area contributed by atoms with Gasteiger partial charge in [0.15, 0.2) is 0 Å². The Hall–Kier alpha value is -1.49. The van der Waals surface area contributed by atoms with Crippen LogP contribution in [0.4, 0.5) is 0 Å². The highest BCUT2D eigenvalue weighted by molar-refractivity contribution is 5.37. The highest BCUT2D eigenvalue weighted by Gasteiger charge is 2.10. The van der Waals surface area contributed by atoms with Gasteiger partial charge in [0.1, 0.15) is 12.4 Å². The molecule has 2 rings (SSSR count). The third-order valence-corrected chi connectivity index (χ3v) is 3.04. The van der Waals surface area contributed by atoms with Gasteiger partial charge in [-0.1, -0.05) is 6.07 Å². The van der Waals surface area contributed by atoms with Crippen LogP contribution in [0.5, 0.6) is 5.75 Å². The molecule has 2 heteroatoms. The maximum Gasteiger partial charge on any atom is 0.119 e. The van der Waals surface area contributed by atoms with Crippen molar-refractivity contribution >= 4 is 0 Å². The minimum atomic E-state index is -0.0453. The summed E-state index contributed by atoms with van der Waals surface area (Å²) in [6.45, 7) is 2.35. The lowest BCUT2D eigenvalue weighted by Crippen LogP contribution is -2.08. The zero-order chi connectivity index (χ0) is 11.4. The van der Waals surface area contributed by atoms with Gasteiger partial charge in [0.2, 0.25) is 0 Å². The molecular weight excluding hydrogens is 198 g/mol. The van der Waals surface area contributed by atoms with Gasteiger partial charge in [0.25, 0.3) is 0 Å². The fourth-order valence-corrected chi connectivity index (χ4v) is 2.06. The highest BCUT2D eigenvalue weighted by Crippen LogP contribution is 2.25. The van der Waals surface area contributed by atoms with Crippen molar-refractivity contribution in [3.05, 3.63) is 29.3 Å². The first kappa shape index (κ1) is 11.0. The molecule has 0 heterocycles. The van der Waals surface area contributed by atoms with Crippen molar-refractivity contribution in [2.75, 3.05) is 6.61 Å². The summed E-state index contributed by atoms with van der Waals surface area (Å²) in [6, 6.07) is 8.50. The third kappa shape index (κ3) is 2.55. The van der Waals surface area contributed by atoms with Crippen molar-refractivity contribution in [1.29, 1.82) is 5.26 Å². The number of nitriles is 1. The molecule has 0 N–H and O–H groups in total. The second-order valence-electron chi connectivity index (χ2n) is 4.48. The second-order valence-corrected chi connectivity index (χ2v) is 4.48. The van der Waals surface area contributed by atoms with E-state index in [4.69, 9.17) is 10.00 Å². The molecule has 0 aromatic heterocycles. The summed E-state index contributed by atoms with van der Waals surface area (Å²) < 4.78 is 5.60. The van der Waals surface area contributed by atoms with Crippen molar-refractivity contribution in [2.45, 2.75) is 32.6 Å². The second kappa shape index (κ2) is 5.03. The van der Waals surface area contributed by atoms with Crippen molar-refractivity contribution in [3.63, 3.8) is 0 Å². The Bertz CT molecular complexity index is 406. The summed E-state index contributed by atoms with van der Waals surface area (Å²) in [5, 5.41) is 8.67. The molecule has 0 fully saturated rings. The summed E-state index contributed by atoms with van der Waals surface area (Å²) in [5.74, 6) is 0.860. The highest BCUT2D eigenvalue weighted by atomic mass is 16.5. The molecule has 16 heavy (non-hydrogen) atoms. The van der Waals surface area contributed by atoms with Crippen LogP contribution < -0.4 is 4.74 Å². The molecule has 1 unspecified atom stereocenters. The van der Waals surface area contributed by atoms with E-state index in [0.29, 0.717) is 6.61 Å². The largest absolute Gasteiger partial charge is 0.492 e. The van der Waals surface area contributed by atoms with Gasteiger partial charge in [-0.25, -0.2) is 0 Å². The zero-order valence-corrected chi connectivity index (χ0v) is 9.70. The lowest BCUT2D eigenvalue weighted by atomic mass is 9.92. The third-order valence-electron chi connectivity index (χ3n) is 3.04. The van der Waals surface area contributed by atoms with Crippen LogP contribution in [-0.2, 0) is 12.8 Å². The van der Waals surface area contributed by atoms with Gasteiger partial charge in [-0.3, -0.25) is 0 Å². The van der Waals surface area contributed by atoms with E-state index in [-0.39, 0.29) is 5.92 Å². The van der Waals surface area contributed by atoms with Crippen molar-refractivity contribution in [1.82, 2.24) is 0 Å². The van der Waals surface area contributed by atoms with E-state index in [2.05, 4.69) is 18.2 Å². The molecule has 0 amide bonds. The van der Waals surface area contributed by atoms with Gasteiger partial charge in [-0.05, 0) is 55.9 Å². The summed E-state index contributed by atoms with van der Waals surface area (Å²) in [5.41, 5.74) is 2.89. The average Bonchev–Trinajstić information content (AvgIpc) is 2.35. The fraction of sp³-hybridized carbons (Fsp3) is 0.500. The average molecular weight is 215 g/mol.